The lowest BCUT2D eigenvalue weighted by Gasteiger charge is -2.08. The van der Waals surface area contributed by atoms with Crippen LogP contribution in [0.15, 0.2) is 71.9 Å². The first-order valence-corrected chi connectivity index (χ1v) is 9.91. The molecular formula is C19H20N4O3S. The minimum atomic E-state index is -3.64. The number of nitrogens with one attached hydrogen (secondary N) is 1. The summed E-state index contributed by atoms with van der Waals surface area (Å²) in [5, 5.41) is 8.45. The summed E-state index contributed by atoms with van der Waals surface area (Å²) >= 11 is 0. The summed E-state index contributed by atoms with van der Waals surface area (Å²) in [5.74, 6) is 0.680. The predicted octanol–water partition coefficient (Wildman–Crippen LogP) is 2.25. The Morgan fingerprint density at radius 2 is 1.70 bits per heavy atom. The van der Waals surface area contributed by atoms with Gasteiger partial charge in [0.15, 0.2) is 0 Å². The predicted molar refractivity (Wildman–Crippen MR) is 102 cm³/mol. The van der Waals surface area contributed by atoms with Crippen molar-refractivity contribution in [3.63, 3.8) is 0 Å². The molecule has 2 aromatic carbocycles. The molecule has 3 rings (SSSR count). The molecule has 0 atom stereocenters. The highest BCUT2D eigenvalue weighted by Gasteiger charge is 2.06. The van der Waals surface area contributed by atoms with Gasteiger partial charge in [-0.3, -0.25) is 0 Å². The minimum Gasteiger partial charge on any atom is -0.424 e. The number of primary sulfonamides is 1. The third-order valence-corrected chi connectivity index (χ3v) is 4.75. The van der Waals surface area contributed by atoms with E-state index in [4.69, 9.17) is 9.88 Å². The normalized spacial score (nSPS) is 11.3. The van der Waals surface area contributed by atoms with E-state index >= 15 is 0 Å². The van der Waals surface area contributed by atoms with Crippen LogP contribution in [0.4, 0.5) is 0 Å². The first-order valence-electron chi connectivity index (χ1n) is 8.37. The number of sulfonamides is 1. The van der Waals surface area contributed by atoms with E-state index in [2.05, 4.69) is 15.3 Å². The van der Waals surface area contributed by atoms with Gasteiger partial charge < -0.3 is 10.1 Å². The van der Waals surface area contributed by atoms with Crippen LogP contribution in [0.25, 0.3) is 0 Å². The molecular weight excluding hydrogens is 364 g/mol. The summed E-state index contributed by atoms with van der Waals surface area (Å²) in [5.41, 5.74) is 2.11. The van der Waals surface area contributed by atoms with E-state index in [1.54, 1.807) is 30.6 Å². The van der Waals surface area contributed by atoms with Crippen LogP contribution in [0.5, 0.6) is 11.8 Å². The van der Waals surface area contributed by atoms with E-state index in [0.29, 0.717) is 18.3 Å². The molecule has 140 valence electrons. The summed E-state index contributed by atoms with van der Waals surface area (Å²) < 4.78 is 28.1. The molecule has 0 unspecified atom stereocenters. The Kier molecular flexibility index (Phi) is 6.12. The Labute approximate surface area is 158 Å². The Hall–Kier alpha value is -2.81. The summed E-state index contributed by atoms with van der Waals surface area (Å²) in [4.78, 5) is 8.20. The first kappa shape index (κ1) is 19.0. The lowest BCUT2D eigenvalue weighted by Crippen LogP contribution is -2.17. The summed E-state index contributed by atoms with van der Waals surface area (Å²) in [6.07, 6.45) is 4.03. The molecule has 0 fully saturated rings. The summed E-state index contributed by atoms with van der Waals surface area (Å²) in [6.45, 7) is 1.43. The fraction of sp³-hybridized carbons (Fsp3) is 0.158. The first-order chi connectivity index (χ1) is 13.0. The van der Waals surface area contributed by atoms with Crippen molar-refractivity contribution >= 4 is 10.0 Å². The van der Waals surface area contributed by atoms with Gasteiger partial charge in [0.25, 0.3) is 0 Å². The van der Waals surface area contributed by atoms with Gasteiger partial charge in [0.1, 0.15) is 5.75 Å². The maximum Gasteiger partial charge on any atom is 0.321 e. The van der Waals surface area contributed by atoms with Crippen molar-refractivity contribution in [3.8, 4) is 11.8 Å². The molecule has 0 aliphatic rings. The van der Waals surface area contributed by atoms with Crippen molar-refractivity contribution in [1.29, 1.82) is 0 Å². The molecule has 0 saturated heterocycles. The van der Waals surface area contributed by atoms with Crippen LogP contribution in [-0.4, -0.2) is 24.9 Å². The van der Waals surface area contributed by atoms with Crippen LogP contribution in [0.2, 0.25) is 0 Å². The van der Waals surface area contributed by atoms with E-state index in [1.165, 1.54) is 12.1 Å². The van der Waals surface area contributed by atoms with Crippen LogP contribution in [0.3, 0.4) is 0 Å². The Morgan fingerprint density at radius 3 is 2.41 bits per heavy atom. The zero-order valence-corrected chi connectivity index (χ0v) is 15.4. The number of benzene rings is 2. The monoisotopic (exact) mass is 384 g/mol. The van der Waals surface area contributed by atoms with Crippen LogP contribution in [0, 0.1) is 0 Å². The van der Waals surface area contributed by atoms with E-state index in [-0.39, 0.29) is 4.90 Å². The van der Waals surface area contributed by atoms with Gasteiger partial charge in [-0.2, -0.15) is 0 Å². The number of nitrogens with zero attached hydrogens (tertiary/aromatic N) is 2. The maximum absolute atomic E-state index is 11.3. The molecule has 27 heavy (non-hydrogen) atoms. The van der Waals surface area contributed by atoms with E-state index in [0.717, 1.165) is 24.1 Å². The molecule has 3 N–H and O–H groups in total. The Bertz CT molecular complexity index is 977. The van der Waals surface area contributed by atoms with Gasteiger partial charge in [-0.25, -0.2) is 23.5 Å². The average molecular weight is 384 g/mol. The van der Waals surface area contributed by atoms with E-state index in [9.17, 15) is 8.42 Å². The van der Waals surface area contributed by atoms with Gasteiger partial charge in [0, 0.05) is 18.9 Å². The molecule has 1 aromatic heterocycles. The largest absolute Gasteiger partial charge is 0.424 e. The lowest BCUT2D eigenvalue weighted by atomic mass is 10.1. The molecule has 0 saturated carbocycles. The van der Waals surface area contributed by atoms with Crippen LogP contribution in [-0.2, 0) is 23.0 Å². The smallest absolute Gasteiger partial charge is 0.321 e. The number of hydrogen-bond acceptors (Lipinski definition) is 6. The highest BCUT2D eigenvalue weighted by atomic mass is 32.2. The molecule has 1 heterocycles. The SMILES string of the molecule is NS(=O)(=O)c1ccc(CCNCc2cccc(Oc3ncccn3)c2)cc1. The molecule has 0 bridgehead atoms. The van der Waals surface area contributed by atoms with Crippen molar-refractivity contribution in [2.75, 3.05) is 6.54 Å². The molecule has 0 aliphatic heterocycles. The van der Waals surface area contributed by atoms with E-state index in [1.807, 2.05) is 24.3 Å². The highest BCUT2D eigenvalue weighted by Crippen LogP contribution is 2.18. The van der Waals surface area contributed by atoms with E-state index < -0.39 is 10.0 Å². The van der Waals surface area contributed by atoms with Gasteiger partial charge in [0.2, 0.25) is 10.0 Å². The minimum absolute atomic E-state index is 0.124. The molecule has 0 spiro atoms. The zero-order valence-electron chi connectivity index (χ0n) is 14.6. The van der Waals surface area contributed by atoms with Crippen LogP contribution < -0.4 is 15.2 Å². The summed E-state index contributed by atoms with van der Waals surface area (Å²) in [7, 11) is -3.64. The van der Waals surface area contributed by atoms with Gasteiger partial charge in [-0.1, -0.05) is 24.3 Å². The van der Waals surface area contributed by atoms with Crippen LogP contribution >= 0.6 is 0 Å². The Balaban J connectivity index is 1.48. The number of hydrogen-bond donors (Lipinski definition) is 2. The van der Waals surface area contributed by atoms with Gasteiger partial charge in [-0.15, -0.1) is 0 Å². The topological polar surface area (TPSA) is 107 Å². The van der Waals surface area contributed by atoms with Crippen molar-refractivity contribution in [2.45, 2.75) is 17.9 Å². The molecule has 7 nitrogen and oxygen atoms in total. The third-order valence-electron chi connectivity index (χ3n) is 3.82. The van der Waals surface area contributed by atoms with Crippen molar-refractivity contribution in [2.24, 2.45) is 5.14 Å². The third kappa shape index (κ3) is 5.85. The van der Waals surface area contributed by atoms with Crippen molar-refractivity contribution in [3.05, 3.63) is 78.1 Å². The molecule has 0 aliphatic carbocycles. The van der Waals surface area contributed by atoms with Gasteiger partial charge >= 0.3 is 6.01 Å². The second-order valence-corrected chi connectivity index (χ2v) is 7.46. The molecule has 0 amide bonds. The van der Waals surface area contributed by atoms with Gasteiger partial charge in [-0.05, 0) is 54.4 Å². The Morgan fingerprint density at radius 1 is 0.963 bits per heavy atom. The molecule has 0 radical (unpaired) electrons. The molecule has 3 aromatic rings. The second kappa shape index (κ2) is 8.72. The fourth-order valence-electron chi connectivity index (χ4n) is 2.47. The van der Waals surface area contributed by atoms with Crippen molar-refractivity contribution < 1.29 is 13.2 Å². The lowest BCUT2D eigenvalue weighted by molar-refractivity contribution is 0.441. The fourth-order valence-corrected chi connectivity index (χ4v) is 2.99. The second-order valence-electron chi connectivity index (χ2n) is 5.90. The van der Waals surface area contributed by atoms with Crippen LogP contribution in [0.1, 0.15) is 11.1 Å². The van der Waals surface area contributed by atoms with Crippen molar-refractivity contribution in [1.82, 2.24) is 15.3 Å². The number of ether oxygens (including phenoxy) is 1. The zero-order chi connectivity index (χ0) is 19.1. The maximum atomic E-state index is 11.3. The number of aromatic nitrogens is 2. The number of nitrogens with two attached hydrogens (primary N) is 1. The average Bonchev–Trinajstić information content (AvgIpc) is 2.66. The quantitative estimate of drug-likeness (QED) is 0.577. The standard InChI is InChI=1S/C19H20N4O3S/c20-27(24,25)18-7-5-15(6-8-18)9-12-21-14-16-3-1-4-17(13-16)26-19-22-10-2-11-23-19/h1-8,10-11,13,21H,9,12,14H2,(H2,20,24,25). The van der Waals surface area contributed by atoms with Gasteiger partial charge in [0.05, 0.1) is 4.90 Å². The number of rotatable bonds is 8. The summed E-state index contributed by atoms with van der Waals surface area (Å²) in [6, 6.07) is 16.4. The molecule has 8 heteroatoms. The highest BCUT2D eigenvalue weighted by molar-refractivity contribution is 7.89.